The van der Waals surface area contributed by atoms with Crippen LogP contribution in [0.2, 0.25) is 0 Å². The zero-order chi connectivity index (χ0) is 19.8. The highest BCUT2D eigenvalue weighted by atomic mass is 16.6. The number of imidazole rings is 1. The fourth-order valence-electron chi connectivity index (χ4n) is 3.11. The van der Waals surface area contributed by atoms with Crippen LogP contribution in [0, 0.1) is 0 Å². The van der Waals surface area contributed by atoms with Crippen molar-refractivity contribution in [1.82, 2.24) is 29.8 Å². The molecule has 10 heteroatoms. The van der Waals surface area contributed by atoms with Gasteiger partial charge in [-0.2, -0.15) is 0 Å². The Hall–Kier alpha value is -4.21. The molecule has 0 radical (unpaired) electrons. The number of pyridine rings is 1. The molecule has 0 aliphatic carbocycles. The average Bonchev–Trinajstić information content (AvgIpc) is 3.47. The third kappa shape index (κ3) is 2.96. The zero-order valence-corrected chi connectivity index (χ0v) is 15.3. The lowest BCUT2D eigenvalue weighted by atomic mass is 10.2. The normalized spacial score (nSPS) is 11.2. The van der Waals surface area contributed by atoms with Crippen molar-refractivity contribution in [2.24, 2.45) is 0 Å². The SMILES string of the molecule is CCn1c(-c2nonc2N)nc2cnc(Oc3cccc(-c4cnco4)c3)cc21. The number of benzene rings is 1. The molecule has 0 amide bonds. The van der Waals surface area contributed by atoms with E-state index in [-0.39, 0.29) is 5.82 Å². The summed E-state index contributed by atoms with van der Waals surface area (Å²) in [6, 6.07) is 9.31. The molecule has 5 aromatic rings. The molecule has 0 aliphatic heterocycles. The van der Waals surface area contributed by atoms with Crippen LogP contribution in [-0.4, -0.2) is 29.8 Å². The first-order chi connectivity index (χ1) is 14.2. The Balaban J connectivity index is 1.52. The van der Waals surface area contributed by atoms with Crippen molar-refractivity contribution in [3.8, 4) is 34.5 Å². The predicted octanol–water partition coefficient (Wildman–Crippen LogP) is 3.53. The lowest BCUT2D eigenvalue weighted by molar-refractivity contribution is 0.310. The Kier molecular flexibility index (Phi) is 3.94. The van der Waals surface area contributed by atoms with Crippen LogP contribution >= 0.6 is 0 Å². The first kappa shape index (κ1) is 16.9. The maximum absolute atomic E-state index is 5.96. The van der Waals surface area contributed by atoms with E-state index in [9.17, 15) is 0 Å². The number of oxazole rings is 1. The van der Waals surface area contributed by atoms with Gasteiger partial charge < -0.3 is 19.5 Å². The van der Waals surface area contributed by atoms with Gasteiger partial charge in [0, 0.05) is 18.2 Å². The minimum Gasteiger partial charge on any atom is -0.444 e. The summed E-state index contributed by atoms with van der Waals surface area (Å²) in [5.41, 5.74) is 8.60. The summed E-state index contributed by atoms with van der Waals surface area (Å²) in [4.78, 5) is 12.9. The molecule has 4 aromatic heterocycles. The van der Waals surface area contributed by atoms with Crippen molar-refractivity contribution in [2.45, 2.75) is 13.5 Å². The molecule has 0 spiro atoms. The molecule has 144 valence electrons. The van der Waals surface area contributed by atoms with E-state index in [0.717, 1.165) is 11.1 Å². The summed E-state index contributed by atoms with van der Waals surface area (Å²) in [5.74, 6) is 2.46. The molecule has 5 rings (SSSR count). The molecule has 0 aliphatic rings. The largest absolute Gasteiger partial charge is 0.444 e. The monoisotopic (exact) mass is 389 g/mol. The number of nitrogens with zero attached hydrogens (tertiary/aromatic N) is 6. The number of ether oxygens (including phenoxy) is 1. The van der Waals surface area contributed by atoms with Crippen LogP contribution in [0.4, 0.5) is 5.82 Å². The number of aromatic nitrogens is 6. The summed E-state index contributed by atoms with van der Waals surface area (Å²) >= 11 is 0. The third-order valence-corrected chi connectivity index (χ3v) is 4.42. The van der Waals surface area contributed by atoms with Crippen LogP contribution < -0.4 is 10.5 Å². The Bertz CT molecular complexity index is 1290. The number of anilines is 1. The fourth-order valence-corrected chi connectivity index (χ4v) is 3.11. The van der Waals surface area contributed by atoms with Gasteiger partial charge in [-0.3, -0.25) is 0 Å². The van der Waals surface area contributed by atoms with Crippen LogP contribution in [-0.2, 0) is 6.54 Å². The van der Waals surface area contributed by atoms with Crippen LogP contribution in [0.1, 0.15) is 6.92 Å². The highest BCUT2D eigenvalue weighted by molar-refractivity contribution is 5.81. The Morgan fingerprint density at radius 3 is 2.86 bits per heavy atom. The first-order valence-electron chi connectivity index (χ1n) is 8.84. The minimum atomic E-state index is 0.184. The van der Waals surface area contributed by atoms with E-state index >= 15 is 0 Å². The molecule has 0 unspecified atom stereocenters. The Morgan fingerprint density at radius 2 is 2.10 bits per heavy atom. The number of nitrogen functional groups attached to an aromatic ring is 1. The van der Waals surface area contributed by atoms with E-state index in [1.807, 2.05) is 41.8 Å². The quantitative estimate of drug-likeness (QED) is 0.479. The van der Waals surface area contributed by atoms with E-state index in [4.69, 9.17) is 19.5 Å². The van der Waals surface area contributed by atoms with E-state index in [1.54, 1.807) is 12.4 Å². The molecule has 10 nitrogen and oxygen atoms in total. The first-order valence-corrected chi connectivity index (χ1v) is 8.84. The van der Waals surface area contributed by atoms with Gasteiger partial charge in [0.2, 0.25) is 5.88 Å². The predicted molar refractivity (Wildman–Crippen MR) is 103 cm³/mol. The zero-order valence-electron chi connectivity index (χ0n) is 15.3. The maximum atomic E-state index is 5.96. The summed E-state index contributed by atoms with van der Waals surface area (Å²) < 4.78 is 18.0. The smallest absolute Gasteiger partial charge is 0.221 e. The maximum Gasteiger partial charge on any atom is 0.221 e. The molecule has 2 N–H and O–H groups in total. The molecular weight excluding hydrogens is 374 g/mol. The van der Waals surface area contributed by atoms with Gasteiger partial charge >= 0.3 is 0 Å². The van der Waals surface area contributed by atoms with E-state index in [1.165, 1.54) is 6.39 Å². The van der Waals surface area contributed by atoms with Gasteiger partial charge in [0.05, 0.1) is 17.9 Å². The van der Waals surface area contributed by atoms with Crippen molar-refractivity contribution in [3.63, 3.8) is 0 Å². The van der Waals surface area contributed by atoms with Crippen molar-refractivity contribution in [3.05, 3.63) is 49.1 Å². The highest BCUT2D eigenvalue weighted by Gasteiger charge is 2.19. The van der Waals surface area contributed by atoms with Crippen molar-refractivity contribution in [1.29, 1.82) is 0 Å². The van der Waals surface area contributed by atoms with Gasteiger partial charge in [0.25, 0.3) is 0 Å². The Morgan fingerprint density at radius 1 is 1.17 bits per heavy atom. The molecule has 4 heterocycles. The molecule has 0 fully saturated rings. The second-order valence-corrected chi connectivity index (χ2v) is 6.18. The van der Waals surface area contributed by atoms with Gasteiger partial charge in [-0.25, -0.2) is 19.6 Å². The van der Waals surface area contributed by atoms with Crippen LogP contribution in [0.3, 0.4) is 0 Å². The average molecular weight is 389 g/mol. The number of fused-ring (bicyclic) bond motifs is 1. The lowest BCUT2D eigenvalue weighted by Gasteiger charge is -2.07. The number of rotatable bonds is 5. The molecule has 1 aromatic carbocycles. The van der Waals surface area contributed by atoms with E-state index in [2.05, 4.69) is 25.3 Å². The van der Waals surface area contributed by atoms with Gasteiger partial charge in [-0.1, -0.05) is 12.1 Å². The second kappa shape index (κ2) is 6.75. The fraction of sp³-hybridized carbons (Fsp3) is 0.105. The van der Waals surface area contributed by atoms with Gasteiger partial charge in [-0.15, -0.1) is 0 Å². The topological polar surface area (TPSA) is 131 Å². The Labute approximate surface area is 163 Å². The van der Waals surface area contributed by atoms with Gasteiger partial charge in [0.15, 0.2) is 29.5 Å². The molecule has 0 saturated heterocycles. The standard InChI is InChI=1S/C19H15N7O3/c1-2-26-14-7-16(22-8-13(14)23-19(26)17-18(20)25-29-24-17)28-12-5-3-4-11(6-12)15-9-21-10-27-15/h3-10H,2H2,1H3,(H2,20,25). The molecule has 0 bridgehead atoms. The summed E-state index contributed by atoms with van der Waals surface area (Å²) in [6.45, 7) is 2.64. The number of hydrogen-bond acceptors (Lipinski definition) is 9. The summed E-state index contributed by atoms with van der Waals surface area (Å²) in [6.07, 6.45) is 4.68. The molecule has 0 saturated carbocycles. The van der Waals surface area contributed by atoms with Crippen LogP contribution in [0.15, 0.2) is 58.2 Å². The minimum absolute atomic E-state index is 0.184. The van der Waals surface area contributed by atoms with Crippen molar-refractivity contribution < 1.29 is 13.8 Å². The molecular formula is C19H15N7O3. The third-order valence-electron chi connectivity index (χ3n) is 4.42. The number of aryl methyl sites for hydroxylation is 1. The highest BCUT2D eigenvalue weighted by Crippen LogP contribution is 2.30. The van der Waals surface area contributed by atoms with Crippen molar-refractivity contribution in [2.75, 3.05) is 5.73 Å². The van der Waals surface area contributed by atoms with E-state index in [0.29, 0.717) is 41.0 Å². The lowest BCUT2D eigenvalue weighted by Crippen LogP contribution is -2.00. The summed E-state index contributed by atoms with van der Waals surface area (Å²) in [5, 5.41) is 7.48. The van der Waals surface area contributed by atoms with Crippen LogP contribution in [0.5, 0.6) is 11.6 Å². The second-order valence-electron chi connectivity index (χ2n) is 6.18. The van der Waals surface area contributed by atoms with E-state index < -0.39 is 0 Å². The molecule has 29 heavy (non-hydrogen) atoms. The number of hydrogen-bond donors (Lipinski definition) is 1. The van der Waals surface area contributed by atoms with Gasteiger partial charge in [0.1, 0.15) is 11.3 Å². The summed E-state index contributed by atoms with van der Waals surface area (Å²) in [7, 11) is 0. The van der Waals surface area contributed by atoms with Crippen molar-refractivity contribution >= 4 is 16.9 Å². The van der Waals surface area contributed by atoms with Gasteiger partial charge in [-0.05, 0) is 29.4 Å². The number of nitrogens with two attached hydrogens (primary N) is 1. The van der Waals surface area contributed by atoms with Crippen LogP contribution in [0.25, 0.3) is 33.9 Å². The molecule has 0 atom stereocenters.